The summed E-state index contributed by atoms with van der Waals surface area (Å²) in [7, 11) is 0. The lowest BCUT2D eigenvalue weighted by Gasteiger charge is -2.58. The molecule has 1 saturated heterocycles. The van der Waals surface area contributed by atoms with Crippen molar-refractivity contribution >= 4 is 28.3 Å². The maximum atomic E-state index is 12.5. The quantitative estimate of drug-likeness (QED) is 0.649. The first-order valence-electron chi connectivity index (χ1n) is 11.9. The molecule has 31 heavy (non-hydrogen) atoms. The van der Waals surface area contributed by atoms with Crippen molar-refractivity contribution in [2.24, 2.45) is 23.7 Å². The third-order valence-corrected chi connectivity index (χ3v) is 8.61. The van der Waals surface area contributed by atoms with Crippen LogP contribution in [0.5, 0.6) is 0 Å². The van der Waals surface area contributed by atoms with E-state index < -0.39 is 0 Å². The molecule has 1 aliphatic heterocycles. The summed E-state index contributed by atoms with van der Waals surface area (Å²) in [5, 5.41) is 5.25. The van der Waals surface area contributed by atoms with Gasteiger partial charge >= 0.3 is 5.97 Å². The molecule has 6 rings (SSSR count). The van der Waals surface area contributed by atoms with Crippen molar-refractivity contribution in [1.82, 2.24) is 14.8 Å². The van der Waals surface area contributed by atoms with Gasteiger partial charge in [-0.3, -0.25) is 19.4 Å². The van der Waals surface area contributed by atoms with Crippen molar-refractivity contribution in [3.8, 4) is 0 Å². The summed E-state index contributed by atoms with van der Waals surface area (Å²) in [5.74, 6) is 3.59. The predicted molar refractivity (Wildman–Crippen MR) is 120 cm³/mol. The second-order valence-corrected chi connectivity index (χ2v) is 10.8. The molecule has 0 unspecified atom stereocenters. The number of carbonyl (C=O) groups excluding carboxylic acids is 2. The van der Waals surface area contributed by atoms with Crippen molar-refractivity contribution in [2.45, 2.75) is 51.5 Å². The minimum Gasteiger partial charge on any atom is -0.466 e. The molecule has 1 N–H and O–H groups in total. The average molecular weight is 447 g/mol. The van der Waals surface area contributed by atoms with E-state index in [2.05, 4.69) is 20.1 Å². The molecular weight excluding hydrogens is 412 g/mol. The van der Waals surface area contributed by atoms with Crippen LogP contribution in [0.2, 0.25) is 0 Å². The lowest BCUT2D eigenvalue weighted by atomic mass is 9.54. The summed E-state index contributed by atoms with van der Waals surface area (Å²) in [5.41, 5.74) is 0.642. The van der Waals surface area contributed by atoms with Gasteiger partial charge in [-0.25, -0.2) is 4.98 Å². The monoisotopic (exact) mass is 446 g/mol. The van der Waals surface area contributed by atoms with E-state index in [0.717, 1.165) is 55.9 Å². The van der Waals surface area contributed by atoms with Gasteiger partial charge in [-0.15, -0.1) is 11.3 Å². The summed E-state index contributed by atoms with van der Waals surface area (Å²) in [6.07, 6.45) is 7.51. The molecule has 0 aromatic carbocycles. The highest BCUT2D eigenvalue weighted by Crippen LogP contribution is 2.55. The predicted octanol–water partition coefficient (Wildman–Crippen LogP) is 2.63. The van der Waals surface area contributed by atoms with Gasteiger partial charge in [0, 0.05) is 37.6 Å². The number of anilines is 1. The summed E-state index contributed by atoms with van der Waals surface area (Å²) >= 11 is 1.35. The van der Waals surface area contributed by atoms with Crippen LogP contribution < -0.4 is 5.32 Å². The van der Waals surface area contributed by atoms with Crippen molar-refractivity contribution in [2.75, 3.05) is 44.6 Å². The number of thiazole rings is 1. The lowest BCUT2D eigenvalue weighted by Crippen LogP contribution is -2.60. The van der Waals surface area contributed by atoms with E-state index in [1.54, 1.807) is 12.3 Å². The highest BCUT2D eigenvalue weighted by molar-refractivity contribution is 7.13. The smallest absolute Gasteiger partial charge is 0.311 e. The van der Waals surface area contributed by atoms with Gasteiger partial charge < -0.3 is 10.1 Å². The molecule has 4 saturated carbocycles. The van der Waals surface area contributed by atoms with E-state index in [1.165, 1.54) is 43.4 Å². The maximum absolute atomic E-state index is 12.5. The van der Waals surface area contributed by atoms with Crippen LogP contribution in [0, 0.1) is 23.7 Å². The number of amides is 1. The molecule has 2 heterocycles. The fraction of sp³-hybridized carbons (Fsp3) is 0.783. The SMILES string of the molecule is CCOC(=O)Cc1csc(NC(=O)CN2CCN(C3C4CC5CC(C4)CC3C5)CC2)n1. The molecule has 1 amide bonds. The van der Waals surface area contributed by atoms with Crippen LogP contribution in [0.15, 0.2) is 5.38 Å². The van der Waals surface area contributed by atoms with Crippen LogP contribution in [0.3, 0.4) is 0 Å². The molecular formula is C23H34N4O3S. The van der Waals surface area contributed by atoms with Crippen LogP contribution in [0.4, 0.5) is 5.13 Å². The first-order valence-corrected chi connectivity index (χ1v) is 12.8. The van der Waals surface area contributed by atoms with Crippen molar-refractivity contribution in [3.63, 3.8) is 0 Å². The zero-order chi connectivity index (χ0) is 21.4. The molecule has 0 radical (unpaired) electrons. The normalized spacial score (nSPS) is 32.9. The molecule has 0 spiro atoms. The first-order chi connectivity index (χ1) is 15.1. The van der Waals surface area contributed by atoms with E-state index in [9.17, 15) is 9.59 Å². The molecule has 1 aromatic heterocycles. The minimum atomic E-state index is -0.289. The Morgan fingerprint density at radius 3 is 2.42 bits per heavy atom. The van der Waals surface area contributed by atoms with Crippen LogP contribution in [0.1, 0.15) is 44.7 Å². The Hall–Kier alpha value is -1.51. The second kappa shape index (κ2) is 9.16. The summed E-state index contributed by atoms with van der Waals surface area (Å²) in [6.45, 7) is 6.64. The lowest BCUT2D eigenvalue weighted by molar-refractivity contribution is -0.142. The number of ether oxygens (including phenoxy) is 1. The Bertz CT molecular complexity index is 776. The van der Waals surface area contributed by atoms with Gasteiger partial charge in [0.25, 0.3) is 0 Å². The number of hydrogen-bond donors (Lipinski definition) is 1. The standard InChI is InChI=1S/C23H34N4O3S/c1-2-30-21(29)12-19-14-31-23(24-19)25-20(28)13-26-3-5-27(6-4-26)22-17-8-15-7-16(10-17)11-18(22)9-15/h14-18,22H,2-13H2,1H3,(H,24,25,28). The van der Waals surface area contributed by atoms with Gasteiger partial charge in [-0.1, -0.05) is 0 Å². The number of aromatic nitrogens is 1. The Labute approximate surface area is 188 Å². The van der Waals surface area contributed by atoms with Gasteiger partial charge in [0.15, 0.2) is 5.13 Å². The molecule has 5 aliphatic rings. The Kier molecular flexibility index (Phi) is 6.30. The average Bonchev–Trinajstić information content (AvgIpc) is 3.15. The van der Waals surface area contributed by atoms with Crippen molar-refractivity contribution < 1.29 is 14.3 Å². The van der Waals surface area contributed by atoms with Crippen LogP contribution >= 0.6 is 11.3 Å². The number of hydrogen-bond acceptors (Lipinski definition) is 7. The van der Waals surface area contributed by atoms with Crippen LogP contribution in [0.25, 0.3) is 0 Å². The molecule has 8 heteroatoms. The topological polar surface area (TPSA) is 74.8 Å². The third kappa shape index (κ3) is 4.81. The Morgan fingerprint density at radius 2 is 1.77 bits per heavy atom. The second-order valence-electron chi connectivity index (χ2n) is 9.91. The largest absolute Gasteiger partial charge is 0.466 e. The fourth-order valence-electron chi connectivity index (χ4n) is 6.88. The highest BCUT2D eigenvalue weighted by atomic mass is 32.1. The first kappa shape index (κ1) is 21.3. The van der Waals surface area contributed by atoms with Crippen LogP contribution in [-0.4, -0.2) is 72.0 Å². The number of nitrogens with zero attached hydrogens (tertiary/aromatic N) is 3. The molecule has 0 atom stereocenters. The third-order valence-electron chi connectivity index (χ3n) is 7.80. The molecule has 1 aromatic rings. The van der Waals surface area contributed by atoms with Gasteiger partial charge in [0.05, 0.1) is 25.3 Å². The molecule has 170 valence electrons. The van der Waals surface area contributed by atoms with Crippen LogP contribution in [-0.2, 0) is 20.7 Å². The minimum absolute atomic E-state index is 0.0277. The molecule has 7 nitrogen and oxygen atoms in total. The maximum Gasteiger partial charge on any atom is 0.311 e. The summed E-state index contributed by atoms with van der Waals surface area (Å²) < 4.78 is 4.95. The van der Waals surface area contributed by atoms with Gasteiger partial charge in [0.2, 0.25) is 5.91 Å². The molecule has 5 fully saturated rings. The summed E-state index contributed by atoms with van der Waals surface area (Å²) in [6, 6.07) is 0.803. The van der Waals surface area contributed by atoms with E-state index in [-0.39, 0.29) is 18.3 Å². The zero-order valence-electron chi connectivity index (χ0n) is 18.4. The number of rotatable bonds is 7. The number of carbonyl (C=O) groups is 2. The number of esters is 1. The van der Waals surface area contributed by atoms with E-state index >= 15 is 0 Å². The van der Waals surface area contributed by atoms with Gasteiger partial charge in [-0.05, 0) is 62.7 Å². The van der Waals surface area contributed by atoms with Crippen molar-refractivity contribution in [3.05, 3.63) is 11.1 Å². The Morgan fingerprint density at radius 1 is 1.10 bits per heavy atom. The van der Waals surface area contributed by atoms with Gasteiger partial charge in [0.1, 0.15) is 0 Å². The molecule has 4 aliphatic carbocycles. The number of nitrogens with one attached hydrogen (secondary N) is 1. The Balaban J connectivity index is 1.07. The van der Waals surface area contributed by atoms with Crippen molar-refractivity contribution in [1.29, 1.82) is 0 Å². The molecule has 4 bridgehead atoms. The fourth-order valence-corrected chi connectivity index (χ4v) is 7.61. The van der Waals surface area contributed by atoms with E-state index in [1.807, 2.05) is 0 Å². The zero-order valence-corrected chi connectivity index (χ0v) is 19.2. The van der Waals surface area contributed by atoms with Gasteiger partial charge in [-0.2, -0.15) is 0 Å². The number of piperazine rings is 1. The van der Waals surface area contributed by atoms with E-state index in [4.69, 9.17) is 4.74 Å². The van der Waals surface area contributed by atoms with E-state index in [0.29, 0.717) is 24.0 Å². The summed E-state index contributed by atoms with van der Waals surface area (Å²) in [4.78, 5) is 33.4. The highest BCUT2D eigenvalue weighted by Gasteiger charge is 2.50.